The van der Waals surface area contributed by atoms with Gasteiger partial charge in [-0.1, -0.05) is 30.3 Å². The molecule has 0 radical (unpaired) electrons. The van der Waals surface area contributed by atoms with E-state index in [0.29, 0.717) is 19.5 Å². The molecule has 1 fully saturated rings. The molecule has 1 amide bonds. The molecule has 1 atom stereocenters. The Hall–Kier alpha value is -1.68. The molecule has 1 aliphatic rings. The van der Waals surface area contributed by atoms with Gasteiger partial charge >= 0.3 is 0 Å². The van der Waals surface area contributed by atoms with Crippen molar-refractivity contribution >= 4 is 12.2 Å². The van der Waals surface area contributed by atoms with Gasteiger partial charge in [0.15, 0.2) is 5.78 Å². The molecule has 1 saturated heterocycles. The second-order valence-electron chi connectivity index (χ2n) is 3.96. The standard InChI is InChI=1S/C12H14N2O2/c15-9-13-11-7-14(8-12(11)16)6-10-4-2-1-3-5-10/h1-5,9,11H,6-8H2,(H,13,15). The topological polar surface area (TPSA) is 49.4 Å². The highest BCUT2D eigenvalue weighted by Crippen LogP contribution is 2.10. The lowest BCUT2D eigenvalue weighted by Gasteiger charge is -2.14. The first kappa shape index (κ1) is 10.8. The number of nitrogens with zero attached hydrogens (tertiary/aromatic N) is 1. The average Bonchev–Trinajstić information content (AvgIpc) is 2.61. The van der Waals surface area contributed by atoms with Crippen molar-refractivity contribution in [2.24, 2.45) is 0 Å². The molecule has 0 saturated carbocycles. The summed E-state index contributed by atoms with van der Waals surface area (Å²) in [6, 6.07) is 9.66. The molecule has 1 aliphatic heterocycles. The van der Waals surface area contributed by atoms with E-state index in [1.165, 1.54) is 5.56 Å². The zero-order chi connectivity index (χ0) is 11.4. The van der Waals surface area contributed by atoms with Crippen LogP contribution in [0.1, 0.15) is 5.56 Å². The molecule has 0 bridgehead atoms. The van der Waals surface area contributed by atoms with Crippen LogP contribution in [0.3, 0.4) is 0 Å². The van der Waals surface area contributed by atoms with Crippen LogP contribution < -0.4 is 5.32 Å². The predicted octanol–water partition coefficient (Wildman–Crippen LogP) is 0.186. The Bertz CT molecular complexity index is 378. The molecule has 2 rings (SSSR count). The number of rotatable bonds is 4. The lowest BCUT2D eigenvalue weighted by Crippen LogP contribution is -2.35. The average molecular weight is 218 g/mol. The lowest BCUT2D eigenvalue weighted by molar-refractivity contribution is -0.120. The molecule has 4 nitrogen and oxygen atoms in total. The highest BCUT2D eigenvalue weighted by molar-refractivity contribution is 5.89. The van der Waals surface area contributed by atoms with Crippen molar-refractivity contribution in [3.05, 3.63) is 35.9 Å². The van der Waals surface area contributed by atoms with Crippen LogP contribution in [0.5, 0.6) is 0 Å². The van der Waals surface area contributed by atoms with Crippen LogP contribution in [0.25, 0.3) is 0 Å². The maximum Gasteiger partial charge on any atom is 0.207 e. The first-order valence-electron chi connectivity index (χ1n) is 5.28. The normalized spacial score (nSPS) is 21.0. The Morgan fingerprint density at radius 1 is 1.38 bits per heavy atom. The number of nitrogens with one attached hydrogen (secondary N) is 1. The molecule has 84 valence electrons. The quantitative estimate of drug-likeness (QED) is 0.734. The minimum atomic E-state index is -0.332. The maximum absolute atomic E-state index is 11.5. The van der Waals surface area contributed by atoms with Crippen LogP contribution in [0.4, 0.5) is 0 Å². The molecule has 1 aromatic carbocycles. The molecule has 1 unspecified atom stereocenters. The SMILES string of the molecule is O=CNC1CN(Cc2ccccc2)CC1=O. The van der Waals surface area contributed by atoms with Crippen molar-refractivity contribution in [3.63, 3.8) is 0 Å². The van der Waals surface area contributed by atoms with Crippen molar-refractivity contribution in [1.82, 2.24) is 10.2 Å². The minimum Gasteiger partial charge on any atom is -0.348 e. The third kappa shape index (κ3) is 2.46. The Morgan fingerprint density at radius 2 is 2.12 bits per heavy atom. The predicted molar refractivity (Wildman–Crippen MR) is 59.7 cm³/mol. The fourth-order valence-corrected chi connectivity index (χ4v) is 1.95. The van der Waals surface area contributed by atoms with E-state index in [9.17, 15) is 9.59 Å². The first-order valence-corrected chi connectivity index (χ1v) is 5.28. The van der Waals surface area contributed by atoms with Gasteiger partial charge < -0.3 is 5.32 Å². The van der Waals surface area contributed by atoms with Crippen molar-refractivity contribution < 1.29 is 9.59 Å². The molecule has 0 aromatic heterocycles. The van der Waals surface area contributed by atoms with Crippen LogP contribution >= 0.6 is 0 Å². The van der Waals surface area contributed by atoms with Crippen LogP contribution in [-0.2, 0) is 16.1 Å². The summed E-state index contributed by atoms with van der Waals surface area (Å²) in [4.78, 5) is 23.8. The smallest absolute Gasteiger partial charge is 0.207 e. The number of ketones is 1. The van der Waals surface area contributed by atoms with Gasteiger partial charge in [-0.05, 0) is 5.56 Å². The summed E-state index contributed by atoms with van der Waals surface area (Å²) < 4.78 is 0. The van der Waals surface area contributed by atoms with Crippen LogP contribution in [0, 0.1) is 0 Å². The van der Waals surface area contributed by atoms with Gasteiger partial charge in [-0.25, -0.2) is 0 Å². The number of hydrogen-bond acceptors (Lipinski definition) is 3. The van der Waals surface area contributed by atoms with E-state index in [2.05, 4.69) is 5.32 Å². The molecule has 1 aromatic rings. The van der Waals surface area contributed by atoms with E-state index in [1.54, 1.807) is 0 Å². The molecule has 0 aliphatic carbocycles. The zero-order valence-electron chi connectivity index (χ0n) is 8.93. The largest absolute Gasteiger partial charge is 0.348 e. The van der Waals surface area contributed by atoms with Gasteiger partial charge in [0.2, 0.25) is 6.41 Å². The Labute approximate surface area is 94.2 Å². The summed E-state index contributed by atoms with van der Waals surface area (Å²) in [5.74, 6) is 0.0861. The van der Waals surface area contributed by atoms with Gasteiger partial charge in [0.1, 0.15) is 6.04 Å². The Kier molecular flexibility index (Phi) is 3.31. The summed E-state index contributed by atoms with van der Waals surface area (Å²) in [5.41, 5.74) is 1.18. The second-order valence-corrected chi connectivity index (χ2v) is 3.96. The van der Waals surface area contributed by atoms with Crippen molar-refractivity contribution in [1.29, 1.82) is 0 Å². The molecule has 1 heterocycles. The Balaban J connectivity index is 1.94. The zero-order valence-corrected chi connectivity index (χ0v) is 8.93. The van der Waals surface area contributed by atoms with Crippen molar-refractivity contribution in [3.8, 4) is 0 Å². The van der Waals surface area contributed by atoms with E-state index in [4.69, 9.17) is 0 Å². The van der Waals surface area contributed by atoms with Crippen LogP contribution in [0.2, 0.25) is 0 Å². The summed E-state index contributed by atoms with van der Waals surface area (Å²) in [5, 5.41) is 2.54. The van der Waals surface area contributed by atoms with E-state index < -0.39 is 0 Å². The van der Waals surface area contributed by atoms with Gasteiger partial charge in [-0.3, -0.25) is 14.5 Å². The number of carbonyl (C=O) groups excluding carboxylic acids is 2. The summed E-state index contributed by atoms with van der Waals surface area (Å²) in [6.45, 7) is 1.77. The molecule has 0 spiro atoms. The molecule has 4 heteroatoms. The minimum absolute atomic E-state index is 0.0861. The summed E-state index contributed by atoms with van der Waals surface area (Å²) in [6.07, 6.45) is 0.592. The van der Waals surface area contributed by atoms with Crippen LogP contribution in [-0.4, -0.2) is 36.2 Å². The maximum atomic E-state index is 11.5. The molecule has 1 N–H and O–H groups in total. The van der Waals surface area contributed by atoms with Crippen LogP contribution in [0.15, 0.2) is 30.3 Å². The summed E-state index contributed by atoms with van der Waals surface area (Å²) in [7, 11) is 0. The van der Waals surface area contributed by atoms with Gasteiger partial charge in [0.05, 0.1) is 6.54 Å². The number of benzene rings is 1. The summed E-state index contributed by atoms with van der Waals surface area (Å²) >= 11 is 0. The second kappa shape index (κ2) is 4.90. The number of hydrogen-bond donors (Lipinski definition) is 1. The van der Waals surface area contributed by atoms with E-state index in [0.717, 1.165) is 6.54 Å². The van der Waals surface area contributed by atoms with Crippen molar-refractivity contribution in [2.45, 2.75) is 12.6 Å². The van der Waals surface area contributed by atoms with Gasteiger partial charge in [0.25, 0.3) is 0 Å². The van der Waals surface area contributed by atoms with Gasteiger partial charge in [-0.2, -0.15) is 0 Å². The first-order chi connectivity index (χ1) is 7.79. The molecular weight excluding hydrogens is 204 g/mol. The lowest BCUT2D eigenvalue weighted by atomic mass is 10.2. The number of Topliss-reactive ketones (excluding diaryl/α,β-unsaturated/α-hetero) is 1. The number of amides is 1. The number of likely N-dealkylation sites (tertiary alicyclic amines) is 1. The third-order valence-electron chi connectivity index (χ3n) is 2.73. The fraction of sp³-hybridized carbons (Fsp3) is 0.333. The third-order valence-corrected chi connectivity index (χ3v) is 2.73. The van der Waals surface area contributed by atoms with E-state index in [1.807, 2.05) is 35.2 Å². The number of carbonyl (C=O) groups is 2. The highest BCUT2D eigenvalue weighted by atomic mass is 16.1. The van der Waals surface area contributed by atoms with Gasteiger partial charge in [0, 0.05) is 13.1 Å². The van der Waals surface area contributed by atoms with Crippen molar-refractivity contribution in [2.75, 3.05) is 13.1 Å². The fourth-order valence-electron chi connectivity index (χ4n) is 1.95. The highest BCUT2D eigenvalue weighted by Gasteiger charge is 2.29. The monoisotopic (exact) mass is 218 g/mol. The Morgan fingerprint density at radius 3 is 2.81 bits per heavy atom. The van der Waals surface area contributed by atoms with E-state index >= 15 is 0 Å². The molecular formula is C12H14N2O2. The van der Waals surface area contributed by atoms with E-state index in [-0.39, 0.29) is 11.8 Å². The molecule has 16 heavy (non-hydrogen) atoms. The van der Waals surface area contributed by atoms with Gasteiger partial charge in [-0.15, -0.1) is 0 Å².